The summed E-state index contributed by atoms with van der Waals surface area (Å²) in [5.74, 6) is 0.439. The van der Waals surface area contributed by atoms with Crippen LogP contribution in [0.1, 0.15) is 62.7 Å². The second kappa shape index (κ2) is 11.0. The highest BCUT2D eigenvalue weighted by Gasteiger charge is 2.05. The topological polar surface area (TPSA) is 68.1 Å². The van der Waals surface area contributed by atoms with Crippen molar-refractivity contribution in [2.75, 3.05) is 0 Å². The molecule has 0 aliphatic carbocycles. The fourth-order valence-electron chi connectivity index (χ4n) is 2.40. The van der Waals surface area contributed by atoms with Gasteiger partial charge < -0.3 is 4.74 Å². The van der Waals surface area contributed by atoms with E-state index in [0.717, 1.165) is 25.7 Å². The van der Waals surface area contributed by atoms with Crippen LogP contribution in [0.15, 0.2) is 58.8 Å². The van der Waals surface area contributed by atoms with Gasteiger partial charge in [0.2, 0.25) is 0 Å². The Bertz CT molecular complexity index is 765. The lowest BCUT2D eigenvalue weighted by Gasteiger charge is -2.03. The number of carbonyl (C=O) groups is 2. The predicted molar refractivity (Wildman–Crippen MR) is 106 cm³/mol. The second-order valence-corrected chi connectivity index (χ2v) is 6.35. The maximum absolute atomic E-state index is 12.0. The number of benzene rings is 2. The van der Waals surface area contributed by atoms with Crippen LogP contribution < -0.4 is 4.74 Å². The number of hydrogen-bond donors (Lipinski definition) is 0. The van der Waals surface area contributed by atoms with E-state index in [4.69, 9.17) is 4.74 Å². The fraction of sp³-hybridized carbons (Fsp3) is 0.364. The number of unbranched alkanes of at least 4 members (excludes halogenated alkanes) is 2. The van der Waals surface area contributed by atoms with Crippen LogP contribution in [0.25, 0.3) is 0 Å². The number of azo groups is 1. The fourth-order valence-corrected chi connectivity index (χ4v) is 2.40. The molecule has 0 bridgehead atoms. The molecule has 0 heterocycles. The maximum atomic E-state index is 12.0. The lowest BCUT2D eigenvalue weighted by Crippen LogP contribution is -2.06. The van der Waals surface area contributed by atoms with E-state index in [0.29, 0.717) is 35.5 Å². The van der Waals surface area contributed by atoms with Crippen molar-refractivity contribution in [3.05, 3.63) is 54.1 Å². The van der Waals surface area contributed by atoms with Crippen molar-refractivity contribution in [1.82, 2.24) is 0 Å². The van der Waals surface area contributed by atoms with E-state index in [-0.39, 0.29) is 11.8 Å². The number of rotatable bonds is 10. The summed E-state index contributed by atoms with van der Waals surface area (Å²) in [4.78, 5) is 23.6. The van der Waals surface area contributed by atoms with Gasteiger partial charge in [-0.2, -0.15) is 10.2 Å². The molecule has 0 unspecified atom stereocenters. The molecule has 0 atom stereocenters. The van der Waals surface area contributed by atoms with E-state index in [1.807, 2.05) is 6.92 Å². The average Bonchev–Trinajstić information content (AvgIpc) is 2.70. The zero-order valence-corrected chi connectivity index (χ0v) is 16.0. The van der Waals surface area contributed by atoms with Crippen molar-refractivity contribution in [3.63, 3.8) is 0 Å². The maximum Gasteiger partial charge on any atom is 0.311 e. The monoisotopic (exact) mass is 366 g/mol. The number of ether oxygens (including phenoxy) is 1. The summed E-state index contributed by atoms with van der Waals surface area (Å²) in [6.07, 6.45) is 4.71. The van der Waals surface area contributed by atoms with Crippen molar-refractivity contribution < 1.29 is 14.3 Å². The van der Waals surface area contributed by atoms with Crippen LogP contribution in [0.2, 0.25) is 0 Å². The van der Waals surface area contributed by atoms with Gasteiger partial charge in [0.1, 0.15) is 5.75 Å². The predicted octanol–water partition coefficient (Wildman–Crippen LogP) is 6.57. The molecule has 0 radical (unpaired) electrons. The lowest BCUT2D eigenvalue weighted by atomic mass is 10.1. The SMILES string of the molecule is CCCCC(=O)Oc1ccc(N=Nc2ccc(C(=O)CCCC)cc2)cc1. The van der Waals surface area contributed by atoms with Crippen molar-refractivity contribution in [3.8, 4) is 5.75 Å². The first kappa shape index (κ1) is 20.5. The molecule has 0 saturated heterocycles. The van der Waals surface area contributed by atoms with Crippen LogP contribution in [0.5, 0.6) is 5.75 Å². The molecule has 142 valence electrons. The number of nitrogens with zero attached hydrogens (tertiary/aromatic N) is 2. The quantitative estimate of drug-likeness (QED) is 0.207. The Balaban J connectivity index is 1.91. The summed E-state index contributed by atoms with van der Waals surface area (Å²) in [6, 6.07) is 14.0. The largest absolute Gasteiger partial charge is 0.427 e. The highest BCUT2D eigenvalue weighted by Crippen LogP contribution is 2.22. The van der Waals surface area contributed by atoms with E-state index < -0.39 is 0 Å². The molecule has 0 aromatic heterocycles. The number of esters is 1. The molecule has 0 saturated carbocycles. The van der Waals surface area contributed by atoms with Crippen LogP contribution in [0.4, 0.5) is 11.4 Å². The minimum atomic E-state index is -0.222. The zero-order valence-electron chi connectivity index (χ0n) is 16.0. The van der Waals surface area contributed by atoms with Crippen LogP contribution in [-0.2, 0) is 4.79 Å². The van der Waals surface area contributed by atoms with E-state index in [1.165, 1.54) is 0 Å². The molecule has 2 aromatic carbocycles. The first-order valence-corrected chi connectivity index (χ1v) is 9.48. The van der Waals surface area contributed by atoms with Gasteiger partial charge in [-0.05, 0) is 61.4 Å². The molecule has 0 amide bonds. The smallest absolute Gasteiger partial charge is 0.311 e. The summed E-state index contributed by atoms with van der Waals surface area (Å²) < 4.78 is 5.25. The molecule has 0 aliphatic heterocycles. The Kier molecular flexibility index (Phi) is 8.36. The van der Waals surface area contributed by atoms with Gasteiger partial charge in [0, 0.05) is 18.4 Å². The van der Waals surface area contributed by atoms with E-state index >= 15 is 0 Å². The molecule has 2 aromatic rings. The summed E-state index contributed by atoms with van der Waals surface area (Å²) in [6.45, 7) is 4.10. The molecular weight excluding hydrogens is 340 g/mol. The zero-order chi connectivity index (χ0) is 19.5. The summed E-state index contributed by atoms with van der Waals surface area (Å²) in [5, 5.41) is 8.35. The number of carbonyl (C=O) groups excluding carboxylic acids is 2. The van der Waals surface area contributed by atoms with Gasteiger partial charge in [0.05, 0.1) is 11.4 Å². The van der Waals surface area contributed by atoms with Gasteiger partial charge >= 0.3 is 5.97 Å². The highest BCUT2D eigenvalue weighted by atomic mass is 16.5. The Morgan fingerprint density at radius 1 is 0.778 bits per heavy atom. The first-order valence-electron chi connectivity index (χ1n) is 9.48. The van der Waals surface area contributed by atoms with Crippen molar-refractivity contribution >= 4 is 23.1 Å². The van der Waals surface area contributed by atoms with E-state index in [2.05, 4.69) is 17.2 Å². The highest BCUT2D eigenvalue weighted by molar-refractivity contribution is 5.96. The Morgan fingerprint density at radius 2 is 1.30 bits per heavy atom. The third-order valence-electron chi connectivity index (χ3n) is 4.03. The van der Waals surface area contributed by atoms with Crippen molar-refractivity contribution in [1.29, 1.82) is 0 Å². The molecule has 5 nitrogen and oxygen atoms in total. The van der Waals surface area contributed by atoms with Gasteiger partial charge in [-0.3, -0.25) is 9.59 Å². The minimum Gasteiger partial charge on any atom is -0.427 e. The Labute approximate surface area is 160 Å². The minimum absolute atomic E-state index is 0.157. The summed E-state index contributed by atoms with van der Waals surface area (Å²) in [7, 11) is 0. The molecule has 0 spiro atoms. The normalized spacial score (nSPS) is 10.9. The summed E-state index contributed by atoms with van der Waals surface area (Å²) >= 11 is 0. The molecule has 0 N–H and O–H groups in total. The lowest BCUT2D eigenvalue weighted by molar-refractivity contribution is -0.134. The summed E-state index contributed by atoms with van der Waals surface area (Å²) in [5.41, 5.74) is 2.04. The second-order valence-electron chi connectivity index (χ2n) is 6.35. The molecule has 0 aliphatic rings. The van der Waals surface area contributed by atoms with E-state index in [1.54, 1.807) is 48.5 Å². The number of ketones is 1. The molecule has 0 fully saturated rings. The van der Waals surface area contributed by atoms with Gasteiger partial charge in [-0.25, -0.2) is 0 Å². The van der Waals surface area contributed by atoms with Crippen LogP contribution in [0, 0.1) is 0 Å². The Hall–Kier alpha value is -2.82. The first-order chi connectivity index (χ1) is 13.1. The third-order valence-corrected chi connectivity index (χ3v) is 4.03. The van der Waals surface area contributed by atoms with E-state index in [9.17, 15) is 9.59 Å². The van der Waals surface area contributed by atoms with Crippen molar-refractivity contribution in [2.45, 2.75) is 52.4 Å². The molecule has 27 heavy (non-hydrogen) atoms. The van der Waals surface area contributed by atoms with Crippen LogP contribution in [0.3, 0.4) is 0 Å². The van der Waals surface area contributed by atoms with Gasteiger partial charge in [0.25, 0.3) is 0 Å². The van der Waals surface area contributed by atoms with Crippen molar-refractivity contribution in [2.24, 2.45) is 10.2 Å². The van der Waals surface area contributed by atoms with Crippen LogP contribution >= 0.6 is 0 Å². The van der Waals surface area contributed by atoms with Gasteiger partial charge in [-0.1, -0.05) is 26.7 Å². The molecule has 5 heteroatoms. The average molecular weight is 366 g/mol. The van der Waals surface area contributed by atoms with Gasteiger partial charge in [0.15, 0.2) is 5.78 Å². The number of hydrogen-bond acceptors (Lipinski definition) is 5. The standard InChI is InChI=1S/C22H26N2O3/c1-3-5-7-21(25)17-9-11-18(12-10-17)23-24-19-13-15-20(16-14-19)27-22(26)8-6-4-2/h9-16H,3-8H2,1-2H3. The third kappa shape index (κ3) is 7.13. The van der Waals surface area contributed by atoms with Gasteiger partial charge in [-0.15, -0.1) is 0 Å². The molecular formula is C22H26N2O3. The Morgan fingerprint density at radius 3 is 1.85 bits per heavy atom. The number of Topliss-reactive ketones (excluding diaryl/α,β-unsaturated/α-hetero) is 1. The van der Waals surface area contributed by atoms with Crippen LogP contribution in [-0.4, -0.2) is 11.8 Å². The molecule has 2 rings (SSSR count).